The summed E-state index contributed by atoms with van der Waals surface area (Å²) < 4.78 is 33.4. The number of ether oxygens (including phenoxy) is 1. The molecular formula is C15H20N4O4S3. The van der Waals surface area contributed by atoms with Crippen molar-refractivity contribution in [2.75, 3.05) is 18.4 Å². The standard InChI is InChI=1S/C15H20N4O4S3/c1-5-16-13(20)11-8-10(6-7-12(11)23-4)26(21,22)19-14-17-18-15(25-14)24-9(2)3/h6-9H,5H2,1-4H3,(H,16,20)(H,17,19). The van der Waals surface area contributed by atoms with Crippen molar-refractivity contribution in [3.8, 4) is 5.75 Å². The van der Waals surface area contributed by atoms with Crippen LogP contribution >= 0.6 is 23.1 Å². The highest BCUT2D eigenvalue weighted by Crippen LogP contribution is 2.30. The van der Waals surface area contributed by atoms with Crippen molar-refractivity contribution in [3.63, 3.8) is 0 Å². The predicted molar refractivity (Wildman–Crippen MR) is 103 cm³/mol. The summed E-state index contributed by atoms with van der Waals surface area (Å²) in [7, 11) is -2.49. The highest BCUT2D eigenvalue weighted by Gasteiger charge is 2.21. The van der Waals surface area contributed by atoms with E-state index >= 15 is 0 Å². The summed E-state index contributed by atoms with van der Waals surface area (Å²) in [5.41, 5.74) is 0.144. The molecule has 2 N–H and O–H groups in total. The van der Waals surface area contributed by atoms with Crippen molar-refractivity contribution in [2.24, 2.45) is 0 Å². The van der Waals surface area contributed by atoms with Crippen molar-refractivity contribution in [2.45, 2.75) is 35.3 Å². The molecule has 0 radical (unpaired) electrons. The van der Waals surface area contributed by atoms with Gasteiger partial charge < -0.3 is 10.1 Å². The molecular weight excluding hydrogens is 396 g/mol. The Morgan fingerprint density at radius 1 is 1.35 bits per heavy atom. The fourth-order valence-electron chi connectivity index (χ4n) is 1.96. The van der Waals surface area contributed by atoms with Gasteiger partial charge in [0.15, 0.2) is 4.34 Å². The van der Waals surface area contributed by atoms with Gasteiger partial charge in [0, 0.05) is 11.8 Å². The molecule has 2 aromatic rings. The van der Waals surface area contributed by atoms with E-state index in [0.717, 1.165) is 11.3 Å². The Bertz CT molecular complexity index is 881. The second kappa shape index (κ2) is 8.69. The van der Waals surface area contributed by atoms with Gasteiger partial charge in [-0.3, -0.25) is 9.52 Å². The van der Waals surface area contributed by atoms with Crippen LogP contribution in [0.1, 0.15) is 31.1 Å². The summed E-state index contributed by atoms with van der Waals surface area (Å²) in [4.78, 5) is 12.1. The lowest BCUT2D eigenvalue weighted by molar-refractivity contribution is 0.0952. The number of carbonyl (C=O) groups is 1. The van der Waals surface area contributed by atoms with E-state index in [1.807, 2.05) is 13.8 Å². The van der Waals surface area contributed by atoms with Crippen LogP contribution in [-0.2, 0) is 10.0 Å². The minimum absolute atomic E-state index is 0.0622. The van der Waals surface area contributed by atoms with Crippen molar-refractivity contribution < 1.29 is 17.9 Å². The van der Waals surface area contributed by atoms with Crippen molar-refractivity contribution in [3.05, 3.63) is 23.8 Å². The fourth-order valence-corrected chi connectivity index (χ4v) is 5.19. The molecule has 2 rings (SSSR count). The van der Waals surface area contributed by atoms with E-state index in [4.69, 9.17) is 4.74 Å². The molecule has 0 aliphatic carbocycles. The maximum absolute atomic E-state index is 12.6. The van der Waals surface area contributed by atoms with Gasteiger partial charge in [-0.2, -0.15) is 0 Å². The maximum atomic E-state index is 12.6. The quantitative estimate of drug-likeness (QED) is 0.636. The van der Waals surface area contributed by atoms with Gasteiger partial charge >= 0.3 is 0 Å². The molecule has 0 bridgehead atoms. The first kappa shape index (κ1) is 20.5. The van der Waals surface area contributed by atoms with E-state index < -0.39 is 15.9 Å². The van der Waals surface area contributed by atoms with Gasteiger partial charge in [-0.15, -0.1) is 10.2 Å². The summed E-state index contributed by atoms with van der Waals surface area (Å²) in [5.74, 6) is -0.116. The molecule has 11 heteroatoms. The average molecular weight is 417 g/mol. The number of nitrogens with one attached hydrogen (secondary N) is 2. The molecule has 1 amide bonds. The molecule has 0 saturated heterocycles. The average Bonchev–Trinajstić information content (AvgIpc) is 2.99. The van der Waals surface area contributed by atoms with Crippen LogP contribution in [0.4, 0.5) is 5.13 Å². The van der Waals surface area contributed by atoms with E-state index in [-0.39, 0.29) is 15.6 Å². The zero-order chi connectivity index (χ0) is 19.3. The van der Waals surface area contributed by atoms with Crippen LogP contribution in [0.3, 0.4) is 0 Å². The van der Waals surface area contributed by atoms with E-state index in [2.05, 4.69) is 20.2 Å². The van der Waals surface area contributed by atoms with Gasteiger partial charge in [-0.05, 0) is 25.1 Å². The Balaban J connectivity index is 2.29. The fraction of sp³-hybridized carbons (Fsp3) is 0.400. The second-order valence-corrected chi connectivity index (χ2v) is 9.85. The molecule has 0 saturated carbocycles. The maximum Gasteiger partial charge on any atom is 0.263 e. The second-order valence-electron chi connectivity index (χ2n) is 5.37. The third-order valence-electron chi connectivity index (χ3n) is 3.03. The Labute approximate surface area is 160 Å². The van der Waals surface area contributed by atoms with Crippen LogP contribution in [0.2, 0.25) is 0 Å². The zero-order valence-electron chi connectivity index (χ0n) is 14.8. The van der Waals surface area contributed by atoms with Gasteiger partial charge in [0.2, 0.25) is 5.13 Å². The number of rotatable bonds is 8. The van der Waals surface area contributed by atoms with Gasteiger partial charge in [-0.1, -0.05) is 36.9 Å². The summed E-state index contributed by atoms with van der Waals surface area (Å²) in [6.07, 6.45) is 0. The molecule has 0 aliphatic rings. The van der Waals surface area contributed by atoms with Crippen LogP contribution in [0, 0.1) is 0 Å². The molecule has 1 aromatic carbocycles. The number of thioether (sulfide) groups is 1. The predicted octanol–water partition coefficient (Wildman–Crippen LogP) is 2.60. The van der Waals surface area contributed by atoms with Gasteiger partial charge in [0.25, 0.3) is 15.9 Å². The zero-order valence-corrected chi connectivity index (χ0v) is 17.2. The largest absolute Gasteiger partial charge is 0.496 e. The summed E-state index contributed by atoms with van der Waals surface area (Å²) in [6, 6.07) is 4.09. The SMILES string of the molecule is CCNC(=O)c1cc(S(=O)(=O)Nc2nnc(SC(C)C)s2)ccc1OC. The molecule has 0 aliphatic heterocycles. The van der Waals surface area contributed by atoms with Crippen LogP contribution in [-0.4, -0.2) is 43.4 Å². The number of hydrogen-bond acceptors (Lipinski definition) is 8. The number of sulfonamides is 1. The number of carbonyl (C=O) groups excluding carboxylic acids is 1. The van der Waals surface area contributed by atoms with Gasteiger partial charge in [0.1, 0.15) is 5.75 Å². The van der Waals surface area contributed by atoms with Crippen molar-refractivity contribution in [1.82, 2.24) is 15.5 Å². The highest BCUT2D eigenvalue weighted by atomic mass is 32.2. The molecule has 26 heavy (non-hydrogen) atoms. The number of aromatic nitrogens is 2. The molecule has 0 fully saturated rings. The Morgan fingerprint density at radius 2 is 2.08 bits per heavy atom. The molecule has 8 nitrogen and oxygen atoms in total. The van der Waals surface area contributed by atoms with E-state index in [1.54, 1.807) is 6.92 Å². The molecule has 1 aromatic heterocycles. The summed E-state index contributed by atoms with van der Waals surface area (Å²) >= 11 is 2.65. The lowest BCUT2D eigenvalue weighted by Crippen LogP contribution is -2.24. The summed E-state index contributed by atoms with van der Waals surface area (Å²) in [6.45, 7) is 6.21. The first-order valence-corrected chi connectivity index (χ1v) is 10.9. The highest BCUT2D eigenvalue weighted by molar-refractivity contribution is 8.01. The monoisotopic (exact) mass is 416 g/mol. The first-order valence-electron chi connectivity index (χ1n) is 7.76. The third-order valence-corrected chi connectivity index (χ3v) is 6.42. The van der Waals surface area contributed by atoms with Gasteiger partial charge in [0.05, 0.1) is 17.6 Å². The lowest BCUT2D eigenvalue weighted by atomic mass is 10.2. The number of nitrogens with zero attached hydrogens (tertiary/aromatic N) is 2. The topological polar surface area (TPSA) is 110 Å². The summed E-state index contributed by atoms with van der Waals surface area (Å²) in [5, 5.41) is 10.9. The Kier molecular flexibility index (Phi) is 6.84. The van der Waals surface area contributed by atoms with Gasteiger partial charge in [-0.25, -0.2) is 8.42 Å². The van der Waals surface area contributed by atoms with E-state index in [9.17, 15) is 13.2 Å². The van der Waals surface area contributed by atoms with Crippen LogP contribution in [0.25, 0.3) is 0 Å². The van der Waals surface area contributed by atoms with Crippen LogP contribution in [0.5, 0.6) is 5.75 Å². The van der Waals surface area contributed by atoms with Crippen LogP contribution < -0.4 is 14.8 Å². The number of hydrogen-bond donors (Lipinski definition) is 2. The molecule has 0 spiro atoms. The third kappa shape index (κ3) is 5.08. The lowest BCUT2D eigenvalue weighted by Gasteiger charge is -2.11. The van der Waals surface area contributed by atoms with Crippen LogP contribution in [0.15, 0.2) is 27.4 Å². The molecule has 142 valence electrons. The molecule has 0 atom stereocenters. The first-order chi connectivity index (χ1) is 12.3. The van der Waals surface area contributed by atoms with Crippen molar-refractivity contribution >= 4 is 44.2 Å². The number of amides is 1. The normalized spacial score (nSPS) is 11.4. The minimum atomic E-state index is -3.91. The van der Waals surface area contributed by atoms with E-state index in [0.29, 0.717) is 21.9 Å². The van der Waals surface area contributed by atoms with Crippen molar-refractivity contribution in [1.29, 1.82) is 0 Å². The Morgan fingerprint density at radius 3 is 2.69 bits per heavy atom. The number of benzene rings is 1. The Hall–Kier alpha value is -1.85. The minimum Gasteiger partial charge on any atom is -0.496 e. The van der Waals surface area contributed by atoms with E-state index in [1.165, 1.54) is 37.1 Å². The smallest absolute Gasteiger partial charge is 0.263 e. The molecule has 1 heterocycles. The number of anilines is 1. The molecule has 0 unspecified atom stereocenters. The number of methoxy groups -OCH3 is 1.